The number of aryl methyl sites for hydroxylation is 1. The van der Waals surface area contributed by atoms with E-state index in [-0.39, 0.29) is 11.7 Å². The minimum Gasteiger partial charge on any atom is -0.379 e. The molecule has 0 amide bonds. The summed E-state index contributed by atoms with van der Waals surface area (Å²) in [5.41, 5.74) is 3.66. The van der Waals surface area contributed by atoms with Gasteiger partial charge in [0.25, 0.3) is 0 Å². The lowest BCUT2D eigenvalue weighted by Gasteiger charge is -2.35. The molecule has 162 valence electrons. The van der Waals surface area contributed by atoms with Gasteiger partial charge in [0.2, 0.25) is 11.4 Å². The van der Waals surface area contributed by atoms with Crippen LogP contribution in [0.3, 0.4) is 0 Å². The number of pyridine rings is 1. The summed E-state index contributed by atoms with van der Waals surface area (Å²) >= 11 is 12.3. The molecule has 1 aliphatic heterocycles. The number of para-hydroxylation sites is 1. The largest absolute Gasteiger partial charge is 0.379 e. The van der Waals surface area contributed by atoms with Crippen molar-refractivity contribution in [2.24, 2.45) is 5.16 Å². The van der Waals surface area contributed by atoms with Crippen molar-refractivity contribution in [2.75, 3.05) is 0 Å². The van der Waals surface area contributed by atoms with Crippen LogP contribution in [-0.4, -0.2) is 22.1 Å². The van der Waals surface area contributed by atoms with Gasteiger partial charge in [0.15, 0.2) is 0 Å². The zero-order valence-electron chi connectivity index (χ0n) is 17.5. The maximum atomic E-state index is 14.1. The molecule has 6 rings (SSSR count). The monoisotopic (exact) mass is 472 g/mol. The Morgan fingerprint density at radius 3 is 2.36 bits per heavy atom. The van der Waals surface area contributed by atoms with Crippen LogP contribution in [0.5, 0.6) is 0 Å². The summed E-state index contributed by atoms with van der Waals surface area (Å²) in [6.45, 7) is 0. The minimum atomic E-state index is -1.14. The van der Waals surface area contributed by atoms with E-state index >= 15 is 0 Å². The van der Waals surface area contributed by atoms with E-state index in [4.69, 9.17) is 33.0 Å². The second-order valence-corrected chi connectivity index (χ2v) is 9.33. The average molecular weight is 473 g/mol. The van der Waals surface area contributed by atoms with Gasteiger partial charge in [-0.3, -0.25) is 9.78 Å². The summed E-state index contributed by atoms with van der Waals surface area (Å²) in [6.07, 6.45) is 1.11. The van der Waals surface area contributed by atoms with Gasteiger partial charge in [-0.25, -0.2) is 0 Å². The summed E-state index contributed by atoms with van der Waals surface area (Å²) in [4.78, 5) is 25.0. The number of aromatic nitrogens is 1. The van der Waals surface area contributed by atoms with E-state index in [9.17, 15) is 4.79 Å². The number of carbonyl (C=O) groups excluding carboxylic acids is 1. The van der Waals surface area contributed by atoms with Gasteiger partial charge < -0.3 is 4.84 Å². The van der Waals surface area contributed by atoms with Crippen molar-refractivity contribution in [3.8, 4) is 0 Å². The highest BCUT2D eigenvalue weighted by Crippen LogP contribution is 2.48. The summed E-state index contributed by atoms with van der Waals surface area (Å²) < 4.78 is 0. The van der Waals surface area contributed by atoms with E-state index < -0.39 is 5.60 Å². The van der Waals surface area contributed by atoms with Crippen LogP contribution in [-0.2, 0) is 11.3 Å². The number of hydrogen-bond donors (Lipinski definition) is 0. The van der Waals surface area contributed by atoms with Crippen molar-refractivity contribution in [3.05, 3.63) is 111 Å². The second-order valence-electron chi connectivity index (χ2n) is 8.45. The predicted octanol–water partition coefficient (Wildman–Crippen LogP) is 6.63. The van der Waals surface area contributed by atoms with Crippen LogP contribution < -0.4 is 0 Å². The molecule has 2 aliphatic rings. The lowest BCUT2D eigenvalue weighted by molar-refractivity contribution is -0.0198. The van der Waals surface area contributed by atoms with Crippen molar-refractivity contribution in [3.63, 3.8) is 0 Å². The Morgan fingerprint density at radius 2 is 1.61 bits per heavy atom. The Labute approximate surface area is 200 Å². The van der Waals surface area contributed by atoms with E-state index in [1.807, 2.05) is 78.9 Å². The first-order valence-electron chi connectivity index (χ1n) is 10.8. The number of oxime groups is 1. The van der Waals surface area contributed by atoms with Gasteiger partial charge >= 0.3 is 0 Å². The molecule has 1 spiro atoms. The summed E-state index contributed by atoms with van der Waals surface area (Å²) in [5, 5.41) is 6.68. The number of nitrogens with zero attached hydrogens (tertiary/aromatic N) is 2. The normalized spacial score (nSPS) is 21.7. The molecular formula is C27H18Cl2N2O2. The molecule has 0 saturated heterocycles. The van der Waals surface area contributed by atoms with E-state index in [0.717, 1.165) is 27.7 Å². The first kappa shape index (κ1) is 20.4. The van der Waals surface area contributed by atoms with Crippen LogP contribution in [0.25, 0.3) is 10.9 Å². The van der Waals surface area contributed by atoms with Crippen LogP contribution in [0.1, 0.15) is 39.5 Å². The Bertz CT molecular complexity index is 1430. The zero-order valence-corrected chi connectivity index (χ0v) is 19.0. The van der Waals surface area contributed by atoms with Crippen molar-refractivity contribution in [1.29, 1.82) is 0 Å². The standard InChI is InChI=1S/C27H18Cl2N2O2/c28-19-9-5-16(6-10-19)24-25(17-7-11-20(29)12-8-17)31-33-27(24)14-13-23-21(26(27)32)15-18-3-1-2-4-22(18)30-23/h1-12,15,24H,13-14H2/t24-,27-/m1/s1. The molecule has 6 heteroatoms. The number of rotatable bonds is 2. The molecule has 4 aromatic rings. The zero-order chi connectivity index (χ0) is 22.6. The van der Waals surface area contributed by atoms with Crippen molar-refractivity contribution in [2.45, 2.75) is 24.4 Å². The van der Waals surface area contributed by atoms with E-state index in [2.05, 4.69) is 5.16 Å². The number of benzene rings is 3. The fourth-order valence-corrected chi connectivity index (χ4v) is 5.18. The predicted molar refractivity (Wildman–Crippen MR) is 130 cm³/mol. The van der Waals surface area contributed by atoms with Crippen LogP contribution >= 0.6 is 23.2 Å². The van der Waals surface area contributed by atoms with E-state index in [0.29, 0.717) is 34.2 Å². The highest BCUT2D eigenvalue weighted by atomic mass is 35.5. The van der Waals surface area contributed by atoms with Crippen molar-refractivity contribution < 1.29 is 9.63 Å². The Balaban J connectivity index is 1.50. The summed E-state index contributed by atoms with van der Waals surface area (Å²) in [7, 11) is 0. The molecule has 0 saturated carbocycles. The smallest absolute Gasteiger partial charge is 0.212 e. The van der Waals surface area contributed by atoms with E-state index in [1.54, 1.807) is 0 Å². The SMILES string of the molecule is O=C1c2cc3ccccc3nc2CC[C@]12ON=C(c1ccc(Cl)cc1)[C@H]2c1ccc(Cl)cc1. The molecule has 2 atom stereocenters. The van der Waals surface area contributed by atoms with Gasteiger partial charge in [0, 0.05) is 33.0 Å². The highest BCUT2D eigenvalue weighted by Gasteiger charge is 2.57. The molecule has 2 heterocycles. The van der Waals surface area contributed by atoms with Gasteiger partial charge in [-0.1, -0.05) is 70.8 Å². The van der Waals surface area contributed by atoms with Crippen LogP contribution in [0.2, 0.25) is 10.0 Å². The number of hydrogen-bond acceptors (Lipinski definition) is 4. The molecule has 0 N–H and O–H groups in total. The fraction of sp³-hybridized carbons (Fsp3) is 0.148. The van der Waals surface area contributed by atoms with Gasteiger partial charge in [-0.15, -0.1) is 0 Å². The topological polar surface area (TPSA) is 51.5 Å². The molecular weight excluding hydrogens is 455 g/mol. The molecule has 3 aromatic carbocycles. The third-order valence-electron chi connectivity index (χ3n) is 6.56. The Morgan fingerprint density at radius 1 is 0.909 bits per heavy atom. The summed E-state index contributed by atoms with van der Waals surface area (Å²) in [6, 6.07) is 24.8. The van der Waals surface area contributed by atoms with Gasteiger partial charge in [0.1, 0.15) is 0 Å². The lowest BCUT2D eigenvalue weighted by Crippen LogP contribution is -2.48. The number of ketones is 1. The Hall–Kier alpha value is -3.21. The second kappa shape index (κ2) is 7.68. The first-order valence-corrected chi connectivity index (χ1v) is 11.5. The number of halogens is 2. The number of Topliss-reactive ketones (excluding diaryl/α,β-unsaturated/α-hetero) is 1. The molecule has 0 unspecified atom stereocenters. The van der Waals surface area contributed by atoms with Gasteiger partial charge in [-0.05, 0) is 48.4 Å². The molecule has 0 fully saturated rings. The first-order chi connectivity index (χ1) is 16.0. The van der Waals surface area contributed by atoms with Crippen LogP contribution in [0.15, 0.2) is 84.0 Å². The minimum absolute atomic E-state index is 0.0883. The van der Waals surface area contributed by atoms with Crippen LogP contribution in [0, 0.1) is 0 Å². The van der Waals surface area contributed by atoms with Gasteiger partial charge in [-0.2, -0.15) is 0 Å². The maximum absolute atomic E-state index is 14.1. The van der Waals surface area contributed by atoms with Crippen molar-refractivity contribution in [1.82, 2.24) is 4.98 Å². The fourth-order valence-electron chi connectivity index (χ4n) is 4.93. The van der Waals surface area contributed by atoms with E-state index in [1.165, 1.54) is 0 Å². The Kier molecular flexibility index (Phi) is 4.75. The third kappa shape index (κ3) is 3.25. The molecule has 0 radical (unpaired) electrons. The molecule has 4 nitrogen and oxygen atoms in total. The number of carbonyl (C=O) groups is 1. The number of fused-ring (bicyclic) bond motifs is 2. The molecule has 1 aromatic heterocycles. The van der Waals surface area contributed by atoms with Gasteiger partial charge in [0.05, 0.1) is 22.8 Å². The van der Waals surface area contributed by atoms with Crippen molar-refractivity contribution >= 4 is 45.6 Å². The molecule has 0 bridgehead atoms. The lowest BCUT2D eigenvalue weighted by atomic mass is 9.68. The highest BCUT2D eigenvalue weighted by molar-refractivity contribution is 6.31. The summed E-state index contributed by atoms with van der Waals surface area (Å²) in [5.74, 6) is -0.474. The van der Waals surface area contributed by atoms with Crippen LogP contribution in [0.4, 0.5) is 0 Å². The molecule has 33 heavy (non-hydrogen) atoms. The third-order valence-corrected chi connectivity index (χ3v) is 7.06. The maximum Gasteiger partial charge on any atom is 0.212 e. The quantitative estimate of drug-likeness (QED) is 0.329. The average Bonchev–Trinajstić information content (AvgIpc) is 3.22. The molecule has 1 aliphatic carbocycles.